The highest BCUT2D eigenvalue weighted by Crippen LogP contribution is 2.29. The van der Waals surface area contributed by atoms with Gasteiger partial charge < -0.3 is 4.90 Å². The lowest BCUT2D eigenvalue weighted by Crippen LogP contribution is -2.27. The Morgan fingerprint density at radius 2 is 2.16 bits per heavy atom. The van der Waals surface area contributed by atoms with Crippen molar-refractivity contribution in [1.29, 1.82) is 0 Å². The molecule has 1 aromatic carbocycles. The zero-order chi connectivity index (χ0) is 13.8. The smallest absolute Gasteiger partial charge is 0.226 e. The summed E-state index contributed by atoms with van der Waals surface area (Å²) in [7, 11) is 0. The number of amides is 1. The van der Waals surface area contributed by atoms with Gasteiger partial charge in [-0.1, -0.05) is 6.92 Å². The Labute approximate surface area is 118 Å². The lowest BCUT2D eigenvalue weighted by atomic mass is 10.0. The number of rotatable bonds is 5. The molecule has 0 saturated carbocycles. The number of halogens is 1. The second-order valence-electron chi connectivity index (χ2n) is 4.71. The van der Waals surface area contributed by atoms with Gasteiger partial charge in [0, 0.05) is 36.5 Å². The highest BCUT2D eigenvalue weighted by molar-refractivity contribution is 6.18. The average molecular weight is 280 g/mol. The molecule has 0 fully saturated rings. The van der Waals surface area contributed by atoms with Crippen molar-refractivity contribution >= 4 is 29.0 Å². The van der Waals surface area contributed by atoms with Crippen LogP contribution < -0.4 is 4.90 Å². The van der Waals surface area contributed by atoms with Crippen LogP contribution in [0.15, 0.2) is 18.2 Å². The summed E-state index contributed by atoms with van der Waals surface area (Å²) in [5.74, 6) is 0.777. The fourth-order valence-electron chi connectivity index (χ4n) is 2.40. The third-order valence-corrected chi connectivity index (χ3v) is 3.71. The van der Waals surface area contributed by atoms with Gasteiger partial charge in [-0.3, -0.25) is 9.59 Å². The van der Waals surface area contributed by atoms with Gasteiger partial charge in [0.2, 0.25) is 5.91 Å². The van der Waals surface area contributed by atoms with Crippen LogP contribution in [0.4, 0.5) is 5.69 Å². The molecular formula is C15H18ClNO2. The van der Waals surface area contributed by atoms with Gasteiger partial charge in [-0.05, 0) is 36.6 Å². The van der Waals surface area contributed by atoms with Crippen LogP contribution in [0.1, 0.15) is 42.1 Å². The van der Waals surface area contributed by atoms with Crippen LogP contribution in [-0.2, 0) is 11.2 Å². The largest absolute Gasteiger partial charge is 0.312 e. The Morgan fingerprint density at radius 1 is 1.37 bits per heavy atom. The van der Waals surface area contributed by atoms with Gasteiger partial charge >= 0.3 is 0 Å². The minimum atomic E-state index is 0.128. The van der Waals surface area contributed by atoms with Crippen molar-refractivity contribution in [3.05, 3.63) is 29.3 Å². The molecular weight excluding hydrogens is 262 g/mol. The quantitative estimate of drug-likeness (QED) is 0.613. The standard InChI is InChI=1S/C15H18ClNO2/c1-2-15(19)17-9-7-11-10-12(5-6-13(11)17)14(18)4-3-8-16/h5-6,10H,2-4,7-9H2,1H3. The van der Waals surface area contributed by atoms with Crippen molar-refractivity contribution in [2.24, 2.45) is 0 Å². The average Bonchev–Trinajstić information content (AvgIpc) is 2.86. The normalized spacial score (nSPS) is 13.5. The van der Waals surface area contributed by atoms with E-state index in [1.54, 1.807) is 0 Å². The molecule has 0 aromatic heterocycles. The molecule has 1 aromatic rings. The Balaban J connectivity index is 2.18. The first kappa shape index (κ1) is 14.1. The van der Waals surface area contributed by atoms with Crippen LogP contribution in [0, 0.1) is 0 Å². The monoisotopic (exact) mass is 279 g/mol. The zero-order valence-electron chi connectivity index (χ0n) is 11.1. The number of Topliss-reactive ketones (excluding diaryl/α,β-unsaturated/α-hetero) is 1. The van der Waals surface area contributed by atoms with Gasteiger partial charge in [-0.25, -0.2) is 0 Å². The van der Waals surface area contributed by atoms with Gasteiger partial charge in [0.25, 0.3) is 0 Å². The molecule has 0 aliphatic carbocycles. The summed E-state index contributed by atoms with van der Waals surface area (Å²) in [4.78, 5) is 25.5. The summed E-state index contributed by atoms with van der Waals surface area (Å²) in [6.07, 6.45) is 2.53. The Morgan fingerprint density at radius 3 is 2.84 bits per heavy atom. The van der Waals surface area contributed by atoms with Crippen molar-refractivity contribution in [1.82, 2.24) is 0 Å². The van der Waals surface area contributed by atoms with Crippen molar-refractivity contribution < 1.29 is 9.59 Å². The molecule has 4 heteroatoms. The van der Waals surface area contributed by atoms with E-state index in [9.17, 15) is 9.59 Å². The van der Waals surface area contributed by atoms with Gasteiger partial charge in [0.05, 0.1) is 0 Å². The number of fused-ring (bicyclic) bond motifs is 1. The molecule has 0 bridgehead atoms. The molecule has 0 spiro atoms. The lowest BCUT2D eigenvalue weighted by Gasteiger charge is -2.16. The number of anilines is 1. The summed E-state index contributed by atoms with van der Waals surface area (Å²) in [5.41, 5.74) is 2.79. The minimum absolute atomic E-state index is 0.128. The topological polar surface area (TPSA) is 37.4 Å². The van der Waals surface area contributed by atoms with E-state index in [1.165, 1.54) is 0 Å². The van der Waals surface area contributed by atoms with Crippen molar-refractivity contribution in [3.63, 3.8) is 0 Å². The predicted octanol–water partition coefficient (Wildman–Crippen LogP) is 3.19. The fourth-order valence-corrected chi connectivity index (χ4v) is 2.53. The Hall–Kier alpha value is -1.35. The second-order valence-corrected chi connectivity index (χ2v) is 5.09. The molecule has 0 N–H and O–H groups in total. The SMILES string of the molecule is CCC(=O)N1CCc2cc(C(=O)CCCCl)ccc21. The molecule has 1 heterocycles. The first-order valence-electron chi connectivity index (χ1n) is 6.69. The van der Waals surface area contributed by atoms with E-state index in [2.05, 4.69) is 0 Å². The molecule has 102 valence electrons. The van der Waals surface area contributed by atoms with Crippen molar-refractivity contribution in [3.8, 4) is 0 Å². The molecule has 0 unspecified atom stereocenters. The molecule has 2 rings (SSSR count). The molecule has 1 aliphatic rings. The fraction of sp³-hybridized carbons (Fsp3) is 0.467. The first-order valence-corrected chi connectivity index (χ1v) is 7.23. The Bertz CT molecular complexity index is 499. The third-order valence-electron chi connectivity index (χ3n) is 3.44. The van der Waals surface area contributed by atoms with Crippen molar-refractivity contribution in [2.45, 2.75) is 32.6 Å². The van der Waals surface area contributed by atoms with Crippen LogP contribution in [0.25, 0.3) is 0 Å². The van der Waals surface area contributed by atoms with E-state index in [0.717, 1.165) is 29.8 Å². The van der Waals surface area contributed by atoms with E-state index in [-0.39, 0.29) is 11.7 Å². The number of alkyl halides is 1. The predicted molar refractivity (Wildman–Crippen MR) is 77.1 cm³/mol. The number of carbonyl (C=O) groups is 2. The van der Waals surface area contributed by atoms with Crippen molar-refractivity contribution in [2.75, 3.05) is 17.3 Å². The maximum atomic E-state index is 11.9. The molecule has 19 heavy (non-hydrogen) atoms. The molecule has 0 saturated heterocycles. The van der Waals surface area contributed by atoms with Gasteiger partial charge in [0.15, 0.2) is 5.78 Å². The number of hydrogen-bond acceptors (Lipinski definition) is 2. The summed E-state index contributed by atoms with van der Waals surface area (Å²) >= 11 is 5.60. The highest BCUT2D eigenvalue weighted by atomic mass is 35.5. The van der Waals surface area contributed by atoms with Gasteiger partial charge in [-0.2, -0.15) is 0 Å². The summed E-state index contributed by atoms with van der Waals surface area (Å²) in [5, 5.41) is 0. The number of hydrogen-bond donors (Lipinski definition) is 0. The van der Waals surface area contributed by atoms with Crippen LogP contribution in [0.5, 0.6) is 0 Å². The maximum absolute atomic E-state index is 11.9. The van der Waals surface area contributed by atoms with E-state index in [4.69, 9.17) is 11.6 Å². The van der Waals surface area contributed by atoms with Crippen LogP contribution in [0.2, 0.25) is 0 Å². The van der Waals surface area contributed by atoms with Crippen LogP contribution >= 0.6 is 11.6 Å². The number of nitrogens with zero attached hydrogens (tertiary/aromatic N) is 1. The number of ketones is 1. The summed E-state index contributed by atoms with van der Waals surface area (Å²) in [6, 6.07) is 5.63. The van der Waals surface area contributed by atoms with Crippen LogP contribution in [0.3, 0.4) is 0 Å². The molecule has 1 amide bonds. The zero-order valence-corrected chi connectivity index (χ0v) is 11.9. The highest BCUT2D eigenvalue weighted by Gasteiger charge is 2.24. The van der Waals surface area contributed by atoms with E-state index >= 15 is 0 Å². The second kappa shape index (κ2) is 6.20. The van der Waals surface area contributed by atoms with E-state index in [0.29, 0.717) is 25.1 Å². The minimum Gasteiger partial charge on any atom is -0.312 e. The van der Waals surface area contributed by atoms with E-state index in [1.807, 2.05) is 30.0 Å². The number of carbonyl (C=O) groups excluding carboxylic acids is 2. The van der Waals surface area contributed by atoms with Gasteiger partial charge in [0.1, 0.15) is 0 Å². The van der Waals surface area contributed by atoms with Gasteiger partial charge in [-0.15, -0.1) is 11.6 Å². The Kier molecular flexibility index (Phi) is 4.59. The molecule has 0 radical (unpaired) electrons. The molecule has 1 aliphatic heterocycles. The number of benzene rings is 1. The summed E-state index contributed by atoms with van der Waals surface area (Å²) in [6.45, 7) is 2.59. The lowest BCUT2D eigenvalue weighted by molar-refractivity contribution is -0.118. The van der Waals surface area contributed by atoms with E-state index < -0.39 is 0 Å². The molecule has 0 atom stereocenters. The third kappa shape index (κ3) is 2.98. The van der Waals surface area contributed by atoms with Crippen LogP contribution in [-0.4, -0.2) is 24.1 Å². The maximum Gasteiger partial charge on any atom is 0.226 e. The summed E-state index contributed by atoms with van der Waals surface area (Å²) < 4.78 is 0. The first-order chi connectivity index (χ1) is 9.17. The molecule has 3 nitrogen and oxygen atoms in total.